The molecular formula is C16H8S3. The fourth-order valence-corrected chi connectivity index (χ4v) is 5.91. The Kier molecular flexibility index (Phi) is 1.95. The van der Waals surface area contributed by atoms with Crippen molar-refractivity contribution < 1.29 is 0 Å². The fraction of sp³-hybridized carbons (Fsp3) is 0. The lowest BCUT2D eigenvalue weighted by atomic mass is 10.1. The van der Waals surface area contributed by atoms with Gasteiger partial charge in [-0.05, 0) is 40.4 Å². The smallest absolute Gasteiger partial charge is 0.0442 e. The lowest BCUT2D eigenvalue weighted by Crippen LogP contribution is -1.68. The molecule has 2 aromatic carbocycles. The van der Waals surface area contributed by atoms with Gasteiger partial charge < -0.3 is 0 Å². The number of thiophene rings is 3. The normalized spacial score (nSPS) is 12.2. The van der Waals surface area contributed by atoms with Crippen molar-refractivity contribution in [2.45, 2.75) is 0 Å². The Balaban J connectivity index is 2.17. The summed E-state index contributed by atoms with van der Waals surface area (Å²) in [5.74, 6) is 0. The highest BCUT2D eigenvalue weighted by Crippen LogP contribution is 2.43. The molecular weight excluding hydrogens is 288 g/mol. The second-order valence-electron chi connectivity index (χ2n) is 4.65. The summed E-state index contributed by atoms with van der Waals surface area (Å²) in [6, 6.07) is 13.5. The van der Waals surface area contributed by atoms with Crippen molar-refractivity contribution in [1.29, 1.82) is 0 Å². The lowest BCUT2D eigenvalue weighted by molar-refractivity contribution is 2.00. The number of rotatable bonds is 0. The second kappa shape index (κ2) is 3.57. The lowest BCUT2D eigenvalue weighted by Gasteiger charge is -1.95. The van der Waals surface area contributed by atoms with Gasteiger partial charge in [0.1, 0.15) is 0 Å². The van der Waals surface area contributed by atoms with Crippen LogP contribution in [0.3, 0.4) is 0 Å². The predicted octanol–water partition coefficient (Wildman–Crippen LogP) is 6.48. The van der Waals surface area contributed by atoms with Crippen LogP contribution in [0, 0.1) is 0 Å². The fourth-order valence-electron chi connectivity index (χ4n) is 2.79. The van der Waals surface area contributed by atoms with Gasteiger partial charge in [-0.3, -0.25) is 0 Å². The van der Waals surface area contributed by atoms with Crippen molar-refractivity contribution in [3.63, 3.8) is 0 Å². The highest BCUT2D eigenvalue weighted by atomic mass is 32.1. The van der Waals surface area contributed by atoms with Crippen LogP contribution in [0.2, 0.25) is 0 Å². The molecule has 0 unspecified atom stereocenters. The van der Waals surface area contributed by atoms with Crippen molar-refractivity contribution in [2.75, 3.05) is 0 Å². The monoisotopic (exact) mass is 296 g/mol. The van der Waals surface area contributed by atoms with E-state index in [1.165, 1.54) is 40.3 Å². The van der Waals surface area contributed by atoms with Crippen molar-refractivity contribution in [3.8, 4) is 0 Å². The van der Waals surface area contributed by atoms with E-state index in [0.717, 1.165) is 0 Å². The van der Waals surface area contributed by atoms with Gasteiger partial charge in [0, 0.05) is 35.0 Å². The number of hydrogen-bond donors (Lipinski definition) is 0. The number of hydrogen-bond acceptors (Lipinski definition) is 3. The molecule has 3 aromatic heterocycles. The van der Waals surface area contributed by atoms with E-state index < -0.39 is 0 Å². The first kappa shape index (κ1) is 10.4. The minimum absolute atomic E-state index is 1.36. The summed E-state index contributed by atoms with van der Waals surface area (Å²) in [5, 5.41) is 10.0. The molecule has 5 rings (SSSR count). The molecule has 3 heteroatoms. The SMILES string of the molecule is c1cc2c(ccc3c2sc2ccc4ccsc4c23)s1. The molecule has 0 aliphatic rings. The first-order valence-corrected chi connectivity index (χ1v) is 8.68. The van der Waals surface area contributed by atoms with E-state index in [1.807, 2.05) is 34.0 Å². The largest absolute Gasteiger partial charge is 0.144 e. The summed E-state index contributed by atoms with van der Waals surface area (Å²) in [6.07, 6.45) is 0. The van der Waals surface area contributed by atoms with E-state index in [-0.39, 0.29) is 0 Å². The third-order valence-corrected chi connectivity index (χ3v) is 6.68. The highest BCUT2D eigenvalue weighted by Gasteiger charge is 2.12. The summed E-state index contributed by atoms with van der Waals surface area (Å²) in [7, 11) is 0. The molecule has 0 saturated heterocycles. The van der Waals surface area contributed by atoms with Crippen molar-refractivity contribution in [3.05, 3.63) is 47.2 Å². The molecule has 0 aliphatic carbocycles. The average molecular weight is 296 g/mol. The van der Waals surface area contributed by atoms with Crippen LogP contribution in [0.4, 0.5) is 0 Å². The van der Waals surface area contributed by atoms with Gasteiger partial charge >= 0.3 is 0 Å². The van der Waals surface area contributed by atoms with E-state index in [0.29, 0.717) is 0 Å². The van der Waals surface area contributed by atoms with Gasteiger partial charge in [0.05, 0.1) is 0 Å². The standard InChI is InChI=1S/C16H8S3/c1-3-13-14(15-9(1)5-7-18-15)11-2-4-12-10(6-8-17-12)16(11)19-13/h1-8H. The maximum atomic E-state index is 2.30. The average Bonchev–Trinajstić information content (AvgIpc) is 3.14. The van der Waals surface area contributed by atoms with Crippen LogP contribution in [-0.2, 0) is 0 Å². The van der Waals surface area contributed by atoms with Gasteiger partial charge in [-0.1, -0.05) is 12.1 Å². The van der Waals surface area contributed by atoms with E-state index >= 15 is 0 Å². The molecule has 90 valence electrons. The van der Waals surface area contributed by atoms with Crippen LogP contribution in [-0.4, -0.2) is 0 Å². The Morgan fingerprint density at radius 1 is 0.632 bits per heavy atom. The molecule has 0 spiro atoms. The number of benzene rings is 2. The van der Waals surface area contributed by atoms with Crippen LogP contribution in [0.15, 0.2) is 47.2 Å². The number of fused-ring (bicyclic) bond motifs is 7. The zero-order valence-corrected chi connectivity index (χ0v) is 12.3. The zero-order chi connectivity index (χ0) is 12.4. The Morgan fingerprint density at radius 2 is 1.53 bits per heavy atom. The molecule has 0 saturated carbocycles. The van der Waals surface area contributed by atoms with Crippen LogP contribution >= 0.6 is 34.0 Å². The molecule has 19 heavy (non-hydrogen) atoms. The third kappa shape index (κ3) is 1.27. The summed E-state index contributed by atoms with van der Waals surface area (Å²) >= 11 is 5.61. The van der Waals surface area contributed by atoms with E-state index in [2.05, 4.69) is 47.2 Å². The van der Waals surface area contributed by atoms with Crippen LogP contribution in [0.1, 0.15) is 0 Å². The predicted molar refractivity (Wildman–Crippen MR) is 90.1 cm³/mol. The Hall–Kier alpha value is -1.42. The summed E-state index contributed by atoms with van der Waals surface area (Å²) in [4.78, 5) is 0. The second-order valence-corrected chi connectivity index (χ2v) is 7.57. The molecule has 0 fully saturated rings. The highest BCUT2D eigenvalue weighted by molar-refractivity contribution is 7.28. The van der Waals surface area contributed by atoms with Crippen LogP contribution in [0.25, 0.3) is 40.3 Å². The Bertz CT molecular complexity index is 1060. The first-order chi connectivity index (χ1) is 9.42. The Labute approximate surface area is 121 Å². The van der Waals surface area contributed by atoms with E-state index in [4.69, 9.17) is 0 Å². The Morgan fingerprint density at radius 3 is 2.53 bits per heavy atom. The molecule has 5 aromatic rings. The minimum Gasteiger partial charge on any atom is -0.144 e. The van der Waals surface area contributed by atoms with Crippen molar-refractivity contribution in [2.24, 2.45) is 0 Å². The van der Waals surface area contributed by atoms with Crippen molar-refractivity contribution in [1.82, 2.24) is 0 Å². The molecule has 0 N–H and O–H groups in total. The van der Waals surface area contributed by atoms with Crippen LogP contribution in [0.5, 0.6) is 0 Å². The quantitative estimate of drug-likeness (QED) is 0.306. The molecule has 0 atom stereocenters. The van der Waals surface area contributed by atoms with Crippen molar-refractivity contribution >= 4 is 74.4 Å². The van der Waals surface area contributed by atoms with E-state index in [9.17, 15) is 0 Å². The third-order valence-electron chi connectivity index (χ3n) is 3.65. The van der Waals surface area contributed by atoms with Gasteiger partial charge in [-0.25, -0.2) is 0 Å². The van der Waals surface area contributed by atoms with Gasteiger partial charge in [0.25, 0.3) is 0 Å². The molecule has 0 nitrogen and oxygen atoms in total. The molecule has 0 radical (unpaired) electrons. The molecule has 0 amide bonds. The van der Waals surface area contributed by atoms with E-state index in [1.54, 1.807) is 0 Å². The topological polar surface area (TPSA) is 0 Å². The summed E-state index contributed by atoms with van der Waals surface area (Å²) in [6.45, 7) is 0. The molecule has 0 bridgehead atoms. The van der Waals surface area contributed by atoms with Gasteiger partial charge in [0.15, 0.2) is 0 Å². The maximum absolute atomic E-state index is 2.30. The van der Waals surface area contributed by atoms with Gasteiger partial charge in [0.2, 0.25) is 0 Å². The molecule has 0 aliphatic heterocycles. The van der Waals surface area contributed by atoms with Crippen LogP contribution < -0.4 is 0 Å². The zero-order valence-electron chi connectivity index (χ0n) is 9.84. The minimum atomic E-state index is 1.36. The maximum Gasteiger partial charge on any atom is 0.0442 e. The summed E-state index contributed by atoms with van der Waals surface area (Å²) < 4.78 is 5.66. The van der Waals surface area contributed by atoms with Gasteiger partial charge in [-0.2, -0.15) is 0 Å². The first-order valence-electron chi connectivity index (χ1n) is 6.10. The van der Waals surface area contributed by atoms with Gasteiger partial charge in [-0.15, -0.1) is 34.0 Å². The summed E-state index contributed by atoms with van der Waals surface area (Å²) in [5.41, 5.74) is 0. The molecule has 3 heterocycles.